The largest absolute Gasteiger partial charge is 0.478 e. The van der Waals surface area contributed by atoms with Crippen molar-refractivity contribution >= 4 is 11.7 Å². The Morgan fingerprint density at radius 1 is 1.19 bits per heavy atom. The first-order chi connectivity index (χ1) is 10.1. The molecule has 1 N–H and O–H groups in total. The predicted molar refractivity (Wildman–Crippen MR) is 79.4 cm³/mol. The highest BCUT2D eigenvalue weighted by atomic mass is 19.1. The summed E-state index contributed by atoms with van der Waals surface area (Å²) < 4.78 is 13.3. The Labute approximate surface area is 124 Å². The second-order valence-electron chi connectivity index (χ2n) is 5.95. The van der Waals surface area contributed by atoms with Crippen molar-refractivity contribution in [2.45, 2.75) is 31.7 Å². The molecular weight excluding hydrogens is 271 g/mol. The van der Waals surface area contributed by atoms with Crippen molar-refractivity contribution in [3.63, 3.8) is 0 Å². The summed E-state index contributed by atoms with van der Waals surface area (Å²) in [5, 5.41) is 9.26. The molecule has 1 atom stereocenters. The van der Waals surface area contributed by atoms with Gasteiger partial charge in [-0.3, -0.25) is 4.90 Å². The molecule has 3 rings (SSSR count). The molecule has 2 saturated heterocycles. The van der Waals surface area contributed by atoms with Crippen LogP contribution in [-0.2, 0) is 0 Å². The molecule has 0 amide bonds. The van der Waals surface area contributed by atoms with Crippen LogP contribution in [0.5, 0.6) is 0 Å². The number of anilines is 1. The first-order valence-corrected chi connectivity index (χ1v) is 7.67. The van der Waals surface area contributed by atoms with Crippen molar-refractivity contribution in [1.82, 2.24) is 4.90 Å². The van der Waals surface area contributed by atoms with Crippen LogP contribution in [0.2, 0.25) is 0 Å². The Morgan fingerprint density at radius 3 is 2.67 bits per heavy atom. The molecule has 2 fully saturated rings. The van der Waals surface area contributed by atoms with Crippen LogP contribution in [0, 0.1) is 5.82 Å². The molecule has 0 radical (unpaired) electrons. The molecule has 2 aliphatic heterocycles. The average Bonchev–Trinajstić information content (AvgIpc) is 2.97. The molecule has 1 aromatic carbocycles. The third-order valence-corrected chi connectivity index (χ3v) is 4.60. The summed E-state index contributed by atoms with van der Waals surface area (Å²) in [7, 11) is 0. The summed E-state index contributed by atoms with van der Waals surface area (Å²) in [6, 6.07) is 4.55. The SMILES string of the molecule is O=C(O)c1cc(F)ccc1N1CCC(N2CCCCC2)C1. The second kappa shape index (κ2) is 6.02. The minimum absolute atomic E-state index is 0.0642. The second-order valence-corrected chi connectivity index (χ2v) is 5.95. The first kappa shape index (κ1) is 14.3. The molecule has 0 bridgehead atoms. The van der Waals surface area contributed by atoms with Crippen molar-refractivity contribution in [2.24, 2.45) is 0 Å². The van der Waals surface area contributed by atoms with E-state index in [4.69, 9.17) is 0 Å². The Morgan fingerprint density at radius 2 is 1.95 bits per heavy atom. The third-order valence-electron chi connectivity index (χ3n) is 4.60. The van der Waals surface area contributed by atoms with E-state index in [1.807, 2.05) is 0 Å². The van der Waals surface area contributed by atoms with Crippen LogP contribution in [0.4, 0.5) is 10.1 Å². The van der Waals surface area contributed by atoms with Crippen LogP contribution in [0.3, 0.4) is 0 Å². The maximum Gasteiger partial charge on any atom is 0.337 e. The molecule has 4 nitrogen and oxygen atoms in total. The van der Waals surface area contributed by atoms with E-state index in [-0.39, 0.29) is 5.56 Å². The minimum Gasteiger partial charge on any atom is -0.478 e. The van der Waals surface area contributed by atoms with Gasteiger partial charge in [-0.1, -0.05) is 6.42 Å². The molecule has 0 saturated carbocycles. The lowest BCUT2D eigenvalue weighted by Crippen LogP contribution is -2.41. The number of likely N-dealkylation sites (tertiary alicyclic amines) is 1. The number of halogens is 1. The Kier molecular flexibility index (Phi) is 4.10. The molecule has 21 heavy (non-hydrogen) atoms. The molecule has 0 aromatic heterocycles. The van der Waals surface area contributed by atoms with E-state index >= 15 is 0 Å². The zero-order chi connectivity index (χ0) is 14.8. The molecule has 5 heteroatoms. The maximum atomic E-state index is 13.3. The number of piperidine rings is 1. The smallest absolute Gasteiger partial charge is 0.337 e. The fourth-order valence-electron chi connectivity index (χ4n) is 3.50. The predicted octanol–water partition coefficient (Wildman–Crippen LogP) is 2.59. The number of nitrogens with zero attached hydrogens (tertiary/aromatic N) is 2. The van der Waals surface area contributed by atoms with E-state index in [9.17, 15) is 14.3 Å². The van der Waals surface area contributed by atoms with Crippen LogP contribution in [-0.4, -0.2) is 48.2 Å². The van der Waals surface area contributed by atoms with Gasteiger partial charge < -0.3 is 10.0 Å². The van der Waals surface area contributed by atoms with Gasteiger partial charge in [0.25, 0.3) is 0 Å². The maximum absolute atomic E-state index is 13.3. The van der Waals surface area contributed by atoms with Crippen molar-refractivity contribution in [2.75, 3.05) is 31.1 Å². The first-order valence-electron chi connectivity index (χ1n) is 7.67. The third kappa shape index (κ3) is 3.02. The molecule has 2 aliphatic rings. The lowest BCUT2D eigenvalue weighted by atomic mass is 10.1. The van der Waals surface area contributed by atoms with Crippen molar-refractivity contribution < 1.29 is 14.3 Å². The van der Waals surface area contributed by atoms with Crippen LogP contribution < -0.4 is 4.90 Å². The Hall–Kier alpha value is -1.62. The number of carbonyl (C=O) groups is 1. The summed E-state index contributed by atoms with van der Waals surface area (Å²) in [5.41, 5.74) is 0.706. The quantitative estimate of drug-likeness (QED) is 0.930. The fraction of sp³-hybridized carbons (Fsp3) is 0.562. The van der Waals surface area contributed by atoms with E-state index in [0.717, 1.165) is 38.7 Å². The molecule has 2 heterocycles. The van der Waals surface area contributed by atoms with Crippen LogP contribution in [0.15, 0.2) is 18.2 Å². The minimum atomic E-state index is -1.06. The number of aromatic carboxylic acids is 1. The topological polar surface area (TPSA) is 43.8 Å². The van der Waals surface area contributed by atoms with E-state index in [2.05, 4.69) is 9.80 Å². The van der Waals surface area contributed by atoms with Gasteiger partial charge in [-0.15, -0.1) is 0 Å². The van der Waals surface area contributed by atoms with E-state index in [0.29, 0.717) is 11.7 Å². The number of rotatable bonds is 3. The van der Waals surface area contributed by atoms with Crippen molar-refractivity contribution in [3.05, 3.63) is 29.6 Å². The summed E-state index contributed by atoms with van der Waals surface area (Å²) in [6.07, 6.45) is 4.88. The van der Waals surface area contributed by atoms with Gasteiger partial charge in [-0.2, -0.15) is 0 Å². The molecule has 1 unspecified atom stereocenters. The van der Waals surface area contributed by atoms with Gasteiger partial charge in [0.2, 0.25) is 0 Å². The number of carboxylic acids is 1. The molecule has 1 aromatic rings. The van der Waals surface area contributed by atoms with Gasteiger partial charge in [0.05, 0.1) is 11.3 Å². The molecule has 0 aliphatic carbocycles. The molecule has 114 valence electrons. The summed E-state index contributed by atoms with van der Waals surface area (Å²) in [6.45, 7) is 3.97. The molecule has 0 spiro atoms. The van der Waals surface area contributed by atoms with Crippen LogP contribution >= 0.6 is 0 Å². The fourth-order valence-corrected chi connectivity index (χ4v) is 3.50. The summed E-state index contributed by atoms with van der Waals surface area (Å²) in [4.78, 5) is 15.9. The highest BCUT2D eigenvalue weighted by Crippen LogP contribution is 2.28. The number of benzene rings is 1. The lowest BCUT2D eigenvalue weighted by molar-refractivity contribution is 0.0697. The Balaban J connectivity index is 1.75. The van der Waals surface area contributed by atoms with Crippen molar-refractivity contribution in [3.8, 4) is 0 Å². The van der Waals surface area contributed by atoms with E-state index in [1.54, 1.807) is 6.07 Å². The zero-order valence-corrected chi connectivity index (χ0v) is 12.1. The van der Waals surface area contributed by atoms with Gasteiger partial charge >= 0.3 is 5.97 Å². The monoisotopic (exact) mass is 292 g/mol. The van der Waals surface area contributed by atoms with Gasteiger partial charge in [-0.25, -0.2) is 9.18 Å². The van der Waals surface area contributed by atoms with Gasteiger partial charge in [0, 0.05) is 19.1 Å². The highest BCUT2D eigenvalue weighted by molar-refractivity contribution is 5.94. The van der Waals surface area contributed by atoms with Gasteiger partial charge in [0.15, 0.2) is 0 Å². The van der Waals surface area contributed by atoms with Gasteiger partial charge in [-0.05, 0) is 50.6 Å². The van der Waals surface area contributed by atoms with Gasteiger partial charge in [0.1, 0.15) is 5.82 Å². The average molecular weight is 292 g/mol. The van der Waals surface area contributed by atoms with Crippen molar-refractivity contribution in [1.29, 1.82) is 0 Å². The molecular formula is C16H21FN2O2. The summed E-state index contributed by atoms with van der Waals surface area (Å²) in [5.74, 6) is -1.56. The normalized spacial score (nSPS) is 23.5. The summed E-state index contributed by atoms with van der Waals surface area (Å²) >= 11 is 0. The number of hydrogen-bond acceptors (Lipinski definition) is 3. The number of carboxylic acid groups (broad SMARTS) is 1. The van der Waals surface area contributed by atoms with E-state index < -0.39 is 11.8 Å². The Bertz CT molecular complexity index is 529. The van der Waals surface area contributed by atoms with E-state index in [1.165, 1.54) is 25.3 Å². The number of hydrogen-bond donors (Lipinski definition) is 1. The van der Waals surface area contributed by atoms with Crippen LogP contribution in [0.25, 0.3) is 0 Å². The highest BCUT2D eigenvalue weighted by Gasteiger charge is 2.30. The zero-order valence-electron chi connectivity index (χ0n) is 12.1. The standard InChI is InChI=1S/C16H21FN2O2/c17-12-4-5-15(14(10-12)16(20)21)19-9-6-13(11-19)18-7-2-1-3-8-18/h4-5,10,13H,1-3,6-9,11H2,(H,20,21). The lowest BCUT2D eigenvalue weighted by Gasteiger charge is -2.32. The van der Waals surface area contributed by atoms with Crippen LogP contribution in [0.1, 0.15) is 36.0 Å².